The number of fused-ring (bicyclic) bond motifs is 4. The largest absolute Gasteiger partial charge is 0.456 e. The third-order valence-electron chi connectivity index (χ3n) is 8.70. The Morgan fingerprint density at radius 1 is 0.426 bits per heavy atom. The number of hydrogen-bond acceptors (Lipinski definition) is 4. The van der Waals surface area contributed by atoms with E-state index >= 15 is 0 Å². The van der Waals surface area contributed by atoms with Gasteiger partial charge in [-0.25, -0.2) is 4.98 Å². The molecule has 2 heterocycles. The molecule has 0 atom stereocenters. The Hall–Kier alpha value is -6.39. The topological polar surface area (TPSA) is 42.4 Å². The molecule has 7 aromatic carbocycles. The molecule has 0 saturated heterocycles. The highest BCUT2D eigenvalue weighted by atomic mass is 16.3. The predicted octanol–water partition coefficient (Wildman–Crippen LogP) is 12.2. The van der Waals surface area contributed by atoms with Crippen LogP contribution in [0.1, 0.15) is 0 Å². The first kappa shape index (κ1) is 27.0. The zero-order chi connectivity index (χ0) is 31.2. The first-order chi connectivity index (χ1) is 23.3. The molecule has 0 spiro atoms. The predicted molar refractivity (Wildman–Crippen MR) is 192 cm³/mol. The quantitative estimate of drug-likeness (QED) is 0.189. The van der Waals surface area contributed by atoms with Gasteiger partial charge in [0.1, 0.15) is 16.7 Å². The number of para-hydroxylation sites is 3. The minimum atomic E-state index is 0.613. The molecular weight excluding hydrogens is 576 g/mol. The van der Waals surface area contributed by atoms with Crippen molar-refractivity contribution in [2.45, 2.75) is 0 Å². The van der Waals surface area contributed by atoms with Crippen molar-refractivity contribution in [1.29, 1.82) is 0 Å². The second kappa shape index (κ2) is 11.2. The molecular formula is C43H28N2O2. The van der Waals surface area contributed by atoms with Crippen LogP contribution in [-0.2, 0) is 0 Å². The van der Waals surface area contributed by atoms with Crippen LogP contribution in [0.15, 0.2) is 179 Å². The lowest BCUT2D eigenvalue weighted by Gasteiger charge is -2.28. The van der Waals surface area contributed by atoms with Gasteiger partial charge in [-0.05, 0) is 65.7 Å². The summed E-state index contributed by atoms with van der Waals surface area (Å²) in [6, 6.07) is 58.6. The smallest absolute Gasteiger partial charge is 0.227 e. The number of benzene rings is 7. The second-order valence-corrected chi connectivity index (χ2v) is 11.6. The zero-order valence-corrected chi connectivity index (χ0v) is 25.4. The van der Waals surface area contributed by atoms with Gasteiger partial charge in [0.2, 0.25) is 5.89 Å². The molecule has 2 aromatic heterocycles. The molecule has 222 valence electrons. The van der Waals surface area contributed by atoms with E-state index in [1.54, 1.807) is 0 Å². The molecule has 0 N–H and O–H groups in total. The maximum atomic E-state index is 6.43. The van der Waals surface area contributed by atoms with Crippen LogP contribution in [0.2, 0.25) is 0 Å². The van der Waals surface area contributed by atoms with Gasteiger partial charge in [-0.2, -0.15) is 0 Å². The van der Waals surface area contributed by atoms with E-state index < -0.39 is 0 Å². The van der Waals surface area contributed by atoms with Crippen molar-refractivity contribution in [3.05, 3.63) is 170 Å². The standard InChI is InChI=1S/C43H28N2O2/c1-3-13-29(14-4-1)34-19-7-9-23-39(34)45(33-25-26-37-36-20-8-10-24-40(36)46-41(37)28-33)32-18-11-17-31(27-32)35-21-12-22-38-42(35)47-43(44-38)30-15-5-2-6-16-30/h1-28H. The van der Waals surface area contributed by atoms with E-state index in [9.17, 15) is 0 Å². The summed E-state index contributed by atoms with van der Waals surface area (Å²) in [4.78, 5) is 7.14. The summed E-state index contributed by atoms with van der Waals surface area (Å²) in [5, 5.41) is 2.21. The lowest BCUT2D eigenvalue weighted by molar-refractivity contribution is 0.621. The Morgan fingerprint density at radius 3 is 1.96 bits per heavy atom. The van der Waals surface area contributed by atoms with Gasteiger partial charge in [0, 0.05) is 44.9 Å². The van der Waals surface area contributed by atoms with Crippen LogP contribution in [0, 0.1) is 0 Å². The number of nitrogens with zero attached hydrogens (tertiary/aromatic N) is 2. The summed E-state index contributed by atoms with van der Waals surface area (Å²) in [7, 11) is 0. The Balaban J connectivity index is 1.23. The highest BCUT2D eigenvalue weighted by molar-refractivity contribution is 6.06. The van der Waals surface area contributed by atoms with E-state index in [0.717, 1.165) is 77.9 Å². The number of rotatable bonds is 6. The van der Waals surface area contributed by atoms with E-state index in [1.165, 1.54) is 0 Å². The number of furan rings is 1. The SMILES string of the molecule is c1ccc(-c2nc3cccc(-c4cccc(N(c5ccc6c(c5)oc5ccccc56)c5ccccc5-c5ccccc5)c4)c3o2)cc1. The van der Waals surface area contributed by atoms with Gasteiger partial charge >= 0.3 is 0 Å². The molecule has 0 aliphatic carbocycles. The number of hydrogen-bond donors (Lipinski definition) is 0. The first-order valence-corrected chi connectivity index (χ1v) is 15.7. The van der Waals surface area contributed by atoms with Crippen molar-refractivity contribution in [2.24, 2.45) is 0 Å². The van der Waals surface area contributed by atoms with Crippen LogP contribution in [0.3, 0.4) is 0 Å². The third-order valence-corrected chi connectivity index (χ3v) is 8.70. The van der Waals surface area contributed by atoms with E-state index in [-0.39, 0.29) is 0 Å². The molecule has 4 heteroatoms. The molecule has 9 aromatic rings. The molecule has 0 unspecified atom stereocenters. The Morgan fingerprint density at radius 2 is 1.09 bits per heavy atom. The zero-order valence-electron chi connectivity index (χ0n) is 25.4. The van der Waals surface area contributed by atoms with Gasteiger partial charge in [-0.1, -0.05) is 109 Å². The van der Waals surface area contributed by atoms with Gasteiger partial charge in [0.05, 0.1) is 5.69 Å². The molecule has 0 fully saturated rings. The normalized spacial score (nSPS) is 11.4. The fraction of sp³-hybridized carbons (Fsp3) is 0. The number of oxazole rings is 1. The molecule has 47 heavy (non-hydrogen) atoms. The molecule has 0 amide bonds. The lowest BCUT2D eigenvalue weighted by atomic mass is 10.00. The maximum absolute atomic E-state index is 6.43. The first-order valence-electron chi connectivity index (χ1n) is 15.7. The lowest BCUT2D eigenvalue weighted by Crippen LogP contribution is -2.11. The Labute approximate surface area is 271 Å². The van der Waals surface area contributed by atoms with Crippen LogP contribution in [0.25, 0.3) is 66.7 Å². The van der Waals surface area contributed by atoms with E-state index in [0.29, 0.717) is 5.89 Å². The Bertz CT molecular complexity index is 2530. The fourth-order valence-corrected chi connectivity index (χ4v) is 6.50. The van der Waals surface area contributed by atoms with Gasteiger partial charge in [0.25, 0.3) is 0 Å². The molecule has 0 bridgehead atoms. The third kappa shape index (κ3) is 4.75. The molecule has 0 saturated carbocycles. The fourth-order valence-electron chi connectivity index (χ4n) is 6.50. The van der Waals surface area contributed by atoms with Crippen molar-refractivity contribution >= 4 is 50.1 Å². The average molecular weight is 605 g/mol. The van der Waals surface area contributed by atoms with Crippen molar-refractivity contribution in [2.75, 3.05) is 4.90 Å². The molecule has 0 radical (unpaired) electrons. The summed E-state index contributed by atoms with van der Waals surface area (Å²) in [5.41, 5.74) is 11.7. The molecule has 9 rings (SSSR count). The van der Waals surface area contributed by atoms with Gasteiger partial charge in [-0.3, -0.25) is 0 Å². The summed E-state index contributed by atoms with van der Waals surface area (Å²) >= 11 is 0. The van der Waals surface area contributed by atoms with Crippen LogP contribution in [0.4, 0.5) is 17.1 Å². The average Bonchev–Trinajstić information content (AvgIpc) is 3.75. The maximum Gasteiger partial charge on any atom is 0.227 e. The van der Waals surface area contributed by atoms with Gasteiger partial charge < -0.3 is 13.7 Å². The van der Waals surface area contributed by atoms with E-state index in [1.807, 2.05) is 54.6 Å². The van der Waals surface area contributed by atoms with E-state index in [4.69, 9.17) is 13.8 Å². The summed E-state index contributed by atoms with van der Waals surface area (Å²) in [6.07, 6.45) is 0. The van der Waals surface area contributed by atoms with E-state index in [2.05, 4.69) is 120 Å². The van der Waals surface area contributed by atoms with Crippen LogP contribution in [-0.4, -0.2) is 4.98 Å². The highest BCUT2D eigenvalue weighted by Gasteiger charge is 2.20. The summed E-state index contributed by atoms with van der Waals surface area (Å²) in [6.45, 7) is 0. The monoisotopic (exact) mass is 604 g/mol. The second-order valence-electron chi connectivity index (χ2n) is 11.6. The minimum Gasteiger partial charge on any atom is -0.456 e. The van der Waals surface area contributed by atoms with Crippen LogP contribution < -0.4 is 4.90 Å². The number of anilines is 3. The van der Waals surface area contributed by atoms with Gasteiger partial charge in [-0.15, -0.1) is 0 Å². The van der Waals surface area contributed by atoms with Crippen molar-refractivity contribution < 1.29 is 8.83 Å². The van der Waals surface area contributed by atoms with Gasteiger partial charge in [0.15, 0.2) is 5.58 Å². The van der Waals surface area contributed by atoms with Crippen LogP contribution >= 0.6 is 0 Å². The van der Waals surface area contributed by atoms with Crippen molar-refractivity contribution in [1.82, 2.24) is 4.98 Å². The number of aromatic nitrogens is 1. The van der Waals surface area contributed by atoms with Crippen molar-refractivity contribution in [3.8, 4) is 33.7 Å². The molecule has 4 nitrogen and oxygen atoms in total. The molecule has 0 aliphatic heterocycles. The summed E-state index contributed by atoms with van der Waals surface area (Å²) < 4.78 is 12.8. The van der Waals surface area contributed by atoms with Crippen LogP contribution in [0.5, 0.6) is 0 Å². The Kier molecular flexibility index (Phi) is 6.43. The van der Waals surface area contributed by atoms with Crippen molar-refractivity contribution in [3.63, 3.8) is 0 Å². The molecule has 0 aliphatic rings. The highest BCUT2D eigenvalue weighted by Crippen LogP contribution is 2.44. The minimum absolute atomic E-state index is 0.613. The summed E-state index contributed by atoms with van der Waals surface area (Å²) in [5.74, 6) is 0.613.